The van der Waals surface area contributed by atoms with E-state index in [0.29, 0.717) is 13.1 Å². The van der Waals surface area contributed by atoms with Gasteiger partial charge in [0, 0.05) is 13.0 Å². The van der Waals surface area contributed by atoms with E-state index in [1.54, 1.807) is 0 Å². The van der Waals surface area contributed by atoms with Gasteiger partial charge in [0.05, 0.1) is 19.2 Å². The molecule has 0 spiro atoms. The fraction of sp³-hybridized carbons (Fsp3) is 0.350. The number of aliphatic hydroxyl groups excluding tert-OH is 1. The Labute approximate surface area is 147 Å². The summed E-state index contributed by atoms with van der Waals surface area (Å²) in [4.78, 5) is 4.33. The van der Waals surface area contributed by atoms with Crippen molar-refractivity contribution in [1.29, 1.82) is 0 Å². The number of hydrogen-bond acceptors (Lipinski definition) is 5. The van der Waals surface area contributed by atoms with E-state index in [1.807, 2.05) is 0 Å². The van der Waals surface area contributed by atoms with Gasteiger partial charge in [0.1, 0.15) is 11.9 Å². The third-order valence-electron chi connectivity index (χ3n) is 4.67. The van der Waals surface area contributed by atoms with Crippen molar-refractivity contribution in [3.8, 4) is 16.9 Å². The number of aliphatic hydroxyl groups is 1. The number of guanidine groups is 1. The van der Waals surface area contributed by atoms with Crippen molar-refractivity contribution < 1.29 is 9.84 Å². The standard InChI is InChI=1S/C20H23N3O2/c1-13-8-17-9-16(6-7-19(17)25-13)15-4-2-14(3-5-15)10-21-20-22-11-18(12-24)23-20/h2-7,9,13,18,24H,8,10-12H2,1H3,(H2,21,22,23)/t13?,18-/m0/s1. The molecule has 5 heteroatoms. The molecule has 1 unspecified atom stereocenters. The molecule has 25 heavy (non-hydrogen) atoms. The molecule has 0 aromatic heterocycles. The highest BCUT2D eigenvalue weighted by molar-refractivity contribution is 5.81. The molecule has 0 saturated heterocycles. The number of benzene rings is 2. The van der Waals surface area contributed by atoms with E-state index in [-0.39, 0.29) is 18.8 Å². The molecule has 4 rings (SSSR count). The molecular weight excluding hydrogens is 314 g/mol. The van der Waals surface area contributed by atoms with Gasteiger partial charge >= 0.3 is 0 Å². The first-order valence-electron chi connectivity index (χ1n) is 8.76. The van der Waals surface area contributed by atoms with Gasteiger partial charge in [-0.2, -0.15) is 0 Å². The van der Waals surface area contributed by atoms with Gasteiger partial charge in [-0.3, -0.25) is 4.99 Å². The van der Waals surface area contributed by atoms with Crippen LogP contribution in [0.25, 0.3) is 11.1 Å². The maximum atomic E-state index is 9.11. The van der Waals surface area contributed by atoms with Crippen molar-refractivity contribution in [2.24, 2.45) is 4.99 Å². The summed E-state index contributed by atoms with van der Waals surface area (Å²) in [6.45, 7) is 3.54. The third kappa shape index (κ3) is 3.46. The molecule has 3 N–H and O–H groups in total. The summed E-state index contributed by atoms with van der Waals surface area (Å²) in [5.41, 5.74) is 4.92. The fourth-order valence-electron chi connectivity index (χ4n) is 3.30. The zero-order chi connectivity index (χ0) is 17.2. The monoisotopic (exact) mass is 337 g/mol. The predicted molar refractivity (Wildman–Crippen MR) is 98.8 cm³/mol. The van der Waals surface area contributed by atoms with Crippen LogP contribution in [0, 0.1) is 0 Å². The van der Waals surface area contributed by atoms with Gasteiger partial charge in [-0.15, -0.1) is 0 Å². The Morgan fingerprint density at radius 1 is 1.20 bits per heavy atom. The Kier molecular flexibility index (Phi) is 4.32. The zero-order valence-electron chi connectivity index (χ0n) is 14.3. The van der Waals surface area contributed by atoms with Crippen LogP contribution in [0.2, 0.25) is 0 Å². The fourth-order valence-corrected chi connectivity index (χ4v) is 3.30. The predicted octanol–water partition coefficient (Wildman–Crippen LogP) is 2.09. The minimum atomic E-state index is 0.0383. The number of nitrogens with zero attached hydrogens (tertiary/aromatic N) is 1. The molecule has 2 aliphatic heterocycles. The number of rotatable bonds is 4. The van der Waals surface area contributed by atoms with E-state index in [0.717, 1.165) is 18.1 Å². The lowest BCUT2D eigenvalue weighted by atomic mass is 10.00. The van der Waals surface area contributed by atoms with Gasteiger partial charge in [-0.1, -0.05) is 30.3 Å². The quantitative estimate of drug-likeness (QED) is 0.799. The van der Waals surface area contributed by atoms with Crippen LogP contribution in [0.4, 0.5) is 0 Å². The number of hydrogen-bond donors (Lipinski definition) is 3. The molecule has 0 bridgehead atoms. The molecule has 0 fully saturated rings. The summed E-state index contributed by atoms with van der Waals surface area (Å²) in [6.07, 6.45) is 1.26. The summed E-state index contributed by atoms with van der Waals surface area (Å²) in [7, 11) is 0. The first kappa shape index (κ1) is 16.0. The van der Waals surface area contributed by atoms with Crippen LogP contribution in [0.1, 0.15) is 18.1 Å². The van der Waals surface area contributed by atoms with Crippen LogP contribution in [0.5, 0.6) is 5.75 Å². The van der Waals surface area contributed by atoms with Gasteiger partial charge in [0.15, 0.2) is 5.96 Å². The molecule has 130 valence electrons. The van der Waals surface area contributed by atoms with Crippen LogP contribution >= 0.6 is 0 Å². The van der Waals surface area contributed by atoms with Crippen LogP contribution in [0.3, 0.4) is 0 Å². The summed E-state index contributed by atoms with van der Waals surface area (Å²) in [5.74, 6) is 1.78. The second-order valence-electron chi connectivity index (χ2n) is 6.72. The first-order chi connectivity index (χ1) is 12.2. The smallest absolute Gasteiger partial charge is 0.191 e. The van der Waals surface area contributed by atoms with Crippen molar-refractivity contribution in [2.75, 3.05) is 13.2 Å². The SMILES string of the molecule is CC1Cc2cc(-c3ccc(CNC4=NC[C@@H](CO)N4)cc3)ccc2O1. The maximum Gasteiger partial charge on any atom is 0.191 e. The summed E-state index contributed by atoms with van der Waals surface area (Å²) in [5, 5.41) is 15.5. The van der Waals surface area contributed by atoms with Crippen molar-refractivity contribution in [2.45, 2.75) is 32.0 Å². The molecule has 2 aromatic rings. The largest absolute Gasteiger partial charge is 0.490 e. The third-order valence-corrected chi connectivity index (χ3v) is 4.67. The number of fused-ring (bicyclic) bond motifs is 1. The number of nitrogens with one attached hydrogen (secondary N) is 2. The Morgan fingerprint density at radius 3 is 2.76 bits per heavy atom. The Morgan fingerprint density at radius 2 is 2.00 bits per heavy atom. The molecule has 2 atom stereocenters. The summed E-state index contributed by atoms with van der Waals surface area (Å²) < 4.78 is 5.77. The molecule has 2 heterocycles. The molecule has 0 radical (unpaired) electrons. The van der Waals surface area contributed by atoms with Crippen molar-refractivity contribution >= 4 is 5.96 Å². The summed E-state index contributed by atoms with van der Waals surface area (Å²) >= 11 is 0. The Bertz CT molecular complexity index is 786. The highest BCUT2D eigenvalue weighted by Crippen LogP contribution is 2.32. The number of ether oxygens (including phenoxy) is 1. The van der Waals surface area contributed by atoms with E-state index in [2.05, 4.69) is 65.0 Å². The van der Waals surface area contributed by atoms with E-state index in [9.17, 15) is 0 Å². The topological polar surface area (TPSA) is 65.9 Å². The van der Waals surface area contributed by atoms with Gasteiger partial charge < -0.3 is 20.5 Å². The van der Waals surface area contributed by atoms with Crippen LogP contribution in [-0.2, 0) is 13.0 Å². The molecule has 2 aliphatic rings. The Balaban J connectivity index is 1.40. The van der Waals surface area contributed by atoms with E-state index in [4.69, 9.17) is 9.84 Å². The summed E-state index contributed by atoms with van der Waals surface area (Å²) in [6, 6.07) is 15.0. The molecule has 2 aromatic carbocycles. The van der Waals surface area contributed by atoms with Crippen LogP contribution < -0.4 is 15.4 Å². The molecule has 0 amide bonds. The van der Waals surface area contributed by atoms with Crippen molar-refractivity contribution in [3.63, 3.8) is 0 Å². The second kappa shape index (κ2) is 6.76. The van der Waals surface area contributed by atoms with Crippen LogP contribution in [0.15, 0.2) is 47.5 Å². The average Bonchev–Trinajstić information content (AvgIpc) is 3.24. The maximum absolute atomic E-state index is 9.11. The van der Waals surface area contributed by atoms with Gasteiger partial charge in [0.2, 0.25) is 0 Å². The van der Waals surface area contributed by atoms with Crippen LogP contribution in [-0.4, -0.2) is 36.4 Å². The average molecular weight is 337 g/mol. The van der Waals surface area contributed by atoms with E-state index >= 15 is 0 Å². The number of aliphatic imine (C=N–C) groups is 1. The lowest BCUT2D eigenvalue weighted by Gasteiger charge is -2.11. The van der Waals surface area contributed by atoms with Gasteiger partial charge in [0.25, 0.3) is 0 Å². The highest BCUT2D eigenvalue weighted by atomic mass is 16.5. The van der Waals surface area contributed by atoms with E-state index in [1.165, 1.54) is 22.3 Å². The van der Waals surface area contributed by atoms with Crippen molar-refractivity contribution in [3.05, 3.63) is 53.6 Å². The van der Waals surface area contributed by atoms with Gasteiger partial charge in [-0.05, 0) is 41.3 Å². The minimum absolute atomic E-state index is 0.0383. The molecule has 5 nitrogen and oxygen atoms in total. The van der Waals surface area contributed by atoms with Crippen molar-refractivity contribution in [1.82, 2.24) is 10.6 Å². The van der Waals surface area contributed by atoms with E-state index < -0.39 is 0 Å². The Hall–Kier alpha value is -2.53. The minimum Gasteiger partial charge on any atom is -0.490 e. The second-order valence-corrected chi connectivity index (χ2v) is 6.72. The lowest BCUT2D eigenvalue weighted by molar-refractivity contribution is 0.254. The molecule has 0 saturated carbocycles. The molecular formula is C20H23N3O2. The zero-order valence-corrected chi connectivity index (χ0v) is 14.3. The first-order valence-corrected chi connectivity index (χ1v) is 8.76. The highest BCUT2D eigenvalue weighted by Gasteiger charge is 2.19. The lowest BCUT2D eigenvalue weighted by Crippen LogP contribution is -2.40. The van der Waals surface area contributed by atoms with Gasteiger partial charge in [-0.25, -0.2) is 0 Å². The molecule has 0 aliphatic carbocycles. The normalized spacial score (nSPS) is 21.3.